The maximum atomic E-state index is 13.0. The van der Waals surface area contributed by atoms with Crippen molar-refractivity contribution in [3.63, 3.8) is 0 Å². The Morgan fingerprint density at radius 3 is 0.844 bits per heavy atom. The molecular weight excluding hydrogens is 1190 g/mol. The van der Waals surface area contributed by atoms with Gasteiger partial charge in [-0.1, -0.05) is 311 Å². The molecule has 0 fully saturated rings. The lowest BCUT2D eigenvalue weighted by atomic mass is 9.99. The van der Waals surface area contributed by atoms with Crippen LogP contribution in [-0.4, -0.2) is 96.7 Å². The zero-order valence-electron chi connectivity index (χ0n) is 58.4. The summed E-state index contributed by atoms with van der Waals surface area (Å²) in [5.74, 6) is -0.608. The summed E-state index contributed by atoms with van der Waals surface area (Å²) in [5, 5.41) is 10.6. The number of unbranched alkanes of at least 4 members (excludes halogenated alkanes) is 39. The van der Waals surface area contributed by atoms with Crippen LogP contribution >= 0.6 is 15.6 Å². The summed E-state index contributed by atoms with van der Waals surface area (Å²) >= 11 is 0. The number of ether oxygens (including phenoxy) is 4. The van der Waals surface area contributed by atoms with Crippen molar-refractivity contribution in [1.82, 2.24) is 0 Å². The first-order valence-electron chi connectivity index (χ1n) is 37.0. The maximum absolute atomic E-state index is 13.0. The van der Waals surface area contributed by atoms with Crippen LogP contribution in [0.2, 0.25) is 0 Å². The van der Waals surface area contributed by atoms with Crippen molar-refractivity contribution in [3.8, 4) is 0 Å². The fraction of sp³-hybridized carbons (Fsp3) is 0.944. The Kier molecular flexibility index (Phi) is 61.8. The molecule has 0 saturated heterocycles. The smallest absolute Gasteiger partial charge is 0.462 e. The fourth-order valence-corrected chi connectivity index (χ4v) is 12.3. The minimum absolute atomic E-state index is 0.104. The first-order chi connectivity index (χ1) is 43.4. The quantitative estimate of drug-likeness (QED) is 0.0222. The highest BCUT2D eigenvalue weighted by atomic mass is 31.2. The van der Waals surface area contributed by atoms with Crippen molar-refractivity contribution >= 4 is 39.5 Å². The molecule has 0 bridgehead atoms. The van der Waals surface area contributed by atoms with Gasteiger partial charge in [-0.15, -0.1) is 0 Å². The molecule has 0 aliphatic heterocycles. The van der Waals surface area contributed by atoms with E-state index >= 15 is 0 Å². The minimum atomic E-state index is -4.95. The van der Waals surface area contributed by atoms with Gasteiger partial charge in [-0.25, -0.2) is 9.13 Å². The van der Waals surface area contributed by atoms with Crippen LogP contribution in [0, 0.1) is 11.8 Å². The summed E-state index contributed by atoms with van der Waals surface area (Å²) in [6.07, 6.45) is 49.1. The summed E-state index contributed by atoms with van der Waals surface area (Å²) < 4.78 is 68.1. The molecular formula is C71H138O17P2. The number of esters is 4. The number of hydrogen-bond donors (Lipinski definition) is 3. The Morgan fingerprint density at radius 1 is 0.322 bits per heavy atom. The topological polar surface area (TPSA) is 237 Å². The molecule has 0 amide bonds. The van der Waals surface area contributed by atoms with E-state index in [0.29, 0.717) is 25.7 Å². The highest BCUT2D eigenvalue weighted by Crippen LogP contribution is 2.45. The molecule has 0 saturated carbocycles. The molecule has 534 valence electrons. The molecule has 6 atom stereocenters. The van der Waals surface area contributed by atoms with Gasteiger partial charge in [0.05, 0.1) is 26.4 Å². The number of phosphoric ester groups is 2. The molecule has 3 unspecified atom stereocenters. The van der Waals surface area contributed by atoms with Gasteiger partial charge in [-0.2, -0.15) is 0 Å². The van der Waals surface area contributed by atoms with E-state index in [2.05, 4.69) is 41.5 Å². The Hall–Kier alpha value is -1.94. The number of hydrogen-bond acceptors (Lipinski definition) is 15. The number of phosphoric acid groups is 2. The molecule has 0 aromatic carbocycles. The molecule has 0 aromatic rings. The van der Waals surface area contributed by atoms with Crippen LogP contribution in [0.5, 0.6) is 0 Å². The minimum Gasteiger partial charge on any atom is -0.462 e. The van der Waals surface area contributed by atoms with E-state index in [1.807, 2.05) is 0 Å². The first kappa shape index (κ1) is 88.1. The van der Waals surface area contributed by atoms with Crippen molar-refractivity contribution in [2.24, 2.45) is 11.8 Å². The van der Waals surface area contributed by atoms with Gasteiger partial charge in [-0.05, 0) is 37.5 Å². The Bertz CT molecular complexity index is 1750. The zero-order valence-corrected chi connectivity index (χ0v) is 60.2. The van der Waals surface area contributed by atoms with Gasteiger partial charge in [0.1, 0.15) is 19.3 Å². The average Bonchev–Trinajstić information content (AvgIpc) is 3.70. The van der Waals surface area contributed by atoms with E-state index in [-0.39, 0.29) is 25.7 Å². The Labute approximate surface area is 549 Å². The van der Waals surface area contributed by atoms with Crippen LogP contribution < -0.4 is 0 Å². The highest BCUT2D eigenvalue weighted by molar-refractivity contribution is 7.47. The second kappa shape index (κ2) is 63.1. The fourth-order valence-electron chi connectivity index (χ4n) is 10.7. The van der Waals surface area contributed by atoms with E-state index in [1.54, 1.807) is 0 Å². The van der Waals surface area contributed by atoms with Crippen molar-refractivity contribution in [1.29, 1.82) is 0 Å². The summed E-state index contributed by atoms with van der Waals surface area (Å²) in [4.78, 5) is 72.3. The maximum Gasteiger partial charge on any atom is 0.472 e. The van der Waals surface area contributed by atoms with Crippen molar-refractivity contribution in [2.45, 2.75) is 381 Å². The van der Waals surface area contributed by atoms with E-state index in [4.69, 9.17) is 37.0 Å². The monoisotopic (exact) mass is 1320 g/mol. The molecule has 0 heterocycles. The third-order valence-electron chi connectivity index (χ3n) is 16.8. The summed E-state index contributed by atoms with van der Waals surface area (Å²) in [5.41, 5.74) is 0. The number of rotatable bonds is 70. The van der Waals surface area contributed by atoms with Crippen molar-refractivity contribution in [2.75, 3.05) is 39.6 Å². The third kappa shape index (κ3) is 63.5. The van der Waals surface area contributed by atoms with Gasteiger partial charge in [-0.3, -0.25) is 37.3 Å². The summed E-state index contributed by atoms with van der Waals surface area (Å²) in [6.45, 7) is 9.45. The zero-order chi connectivity index (χ0) is 66.5. The lowest BCUT2D eigenvalue weighted by Gasteiger charge is -2.21. The predicted octanol–water partition coefficient (Wildman–Crippen LogP) is 20.4. The number of aliphatic hydroxyl groups is 1. The van der Waals surface area contributed by atoms with Crippen LogP contribution in [0.3, 0.4) is 0 Å². The van der Waals surface area contributed by atoms with Crippen LogP contribution in [0.15, 0.2) is 0 Å². The van der Waals surface area contributed by atoms with Gasteiger partial charge in [0.15, 0.2) is 12.2 Å². The van der Waals surface area contributed by atoms with Crippen LogP contribution in [0.1, 0.15) is 363 Å². The molecule has 0 aliphatic carbocycles. The van der Waals surface area contributed by atoms with Gasteiger partial charge in [0, 0.05) is 25.7 Å². The average molecular weight is 1330 g/mol. The largest absolute Gasteiger partial charge is 0.472 e. The molecule has 0 aliphatic rings. The summed E-state index contributed by atoms with van der Waals surface area (Å²) in [6, 6.07) is 0. The molecule has 0 rings (SSSR count). The SMILES string of the molecule is CCCCCCCCCCCCCCCCCCCCCCC(=O)O[C@H](COC(=O)CCCCCCCCCCCCC(C)CC)COP(=O)(O)OC[C@@H](O)COP(=O)(O)OC[C@@H](COC(=O)CCCCCCC)OC(=O)CCCCCCCCCCC(C)C. The number of carbonyl (C=O) groups excluding carboxylic acids is 4. The second-order valence-corrected chi connectivity index (χ2v) is 29.3. The molecule has 0 spiro atoms. The van der Waals surface area contributed by atoms with Gasteiger partial charge in [0.25, 0.3) is 0 Å². The molecule has 0 aromatic heterocycles. The van der Waals surface area contributed by atoms with Crippen LogP contribution in [0.25, 0.3) is 0 Å². The van der Waals surface area contributed by atoms with Crippen molar-refractivity contribution in [3.05, 3.63) is 0 Å². The number of carbonyl (C=O) groups is 4. The number of aliphatic hydroxyl groups excluding tert-OH is 1. The third-order valence-corrected chi connectivity index (χ3v) is 18.7. The Balaban J connectivity index is 5.14. The van der Waals surface area contributed by atoms with Crippen LogP contribution in [0.4, 0.5) is 0 Å². The molecule has 0 radical (unpaired) electrons. The Morgan fingerprint density at radius 2 is 0.567 bits per heavy atom. The van der Waals surface area contributed by atoms with E-state index in [0.717, 1.165) is 108 Å². The highest BCUT2D eigenvalue weighted by Gasteiger charge is 2.30. The van der Waals surface area contributed by atoms with Gasteiger partial charge < -0.3 is 33.8 Å². The first-order valence-corrected chi connectivity index (χ1v) is 40.0. The lowest BCUT2D eigenvalue weighted by Crippen LogP contribution is -2.30. The standard InChI is InChI=1S/C71H138O17P2/c1-7-10-12-14-15-16-17-18-19-20-21-22-23-24-25-26-31-37-43-49-55-70(75)88-67(60-82-69(74)54-48-42-36-30-28-27-29-35-41-46-52-64(6)9-3)62-86-90(79,80)84-58-65(72)57-83-89(77,78)85-61-66(59-81-68(73)53-47-39-13-11-8-2)87-71(76)56-50-44-38-33-32-34-40-45-51-63(4)5/h63-67,72H,7-62H2,1-6H3,(H,77,78)(H,79,80)/t64?,65-,66+,67+/m0/s1. The summed E-state index contributed by atoms with van der Waals surface area (Å²) in [7, 11) is -9.89. The molecule has 90 heavy (non-hydrogen) atoms. The van der Waals surface area contributed by atoms with E-state index < -0.39 is 97.5 Å². The lowest BCUT2D eigenvalue weighted by molar-refractivity contribution is -0.161. The van der Waals surface area contributed by atoms with E-state index in [1.165, 1.54) is 173 Å². The van der Waals surface area contributed by atoms with Gasteiger partial charge >= 0.3 is 39.5 Å². The van der Waals surface area contributed by atoms with Crippen molar-refractivity contribution < 1.29 is 80.2 Å². The molecule has 3 N–H and O–H groups in total. The molecule has 17 nitrogen and oxygen atoms in total. The second-order valence-electron chi connectivity index (χ2n) is 26.3. The molecule has 19 heteroatoms. The van der Waals surface area contributed by atoms with E-state index in [9.17, 15) is 43.2 Å². The van der Waals surface area contributed by atoms with Gasteiger partial charge in [0.2, 0.25) is 0 Å². The van der Waals surface area contributed by atoms with Crippen LogP contribution in [-0.2, 0) is 65.4 Å². The normalized spacial score (nSPS) is 14.4. The predicted molar refractivity (Wildman–Crippen MR) is 363 cm³/mol.